The number of nitrogens with zero attached hydrogens (tertiary/aromatic N) is 1. The average molecular weight is 236 g/mol. The van der Waals surface area contributed by atoms with Crippen molar-refractivity contribution < 1.29 is 4.79 Å². The summed E-state index contributed by atoms with van der Waals surface area (Å²) in [4.78, 5) is 14.8. The van der Waals surface area contributed by atoms with Crippen LogP contribution < -0.4 is 0 Å². The van der Waals surface area contributed by atoms with Crippen molar-refractivity contribution in [2.75, 3.05) is 0 Å². The number of nitrogens with one attached hydrogen (secondary N) is 1. The highest BCUT2D eigenvalue weighted by atomic mass is 16.1. The van der Waals surface area contributed by atoms with Crippen molar-refractivity contribution in [2.45, 2.75) is 6.92 Å². The lowest BCUT2D eigenvalue weighted by molar-refractivity contribution is 0.103. The molecule has 0 aliphatic carbocycles. The third-order valence-corrected chi connectivity index (χ3v) is 2.60. The quantitative estimate of drug-likeness (QED) is 0.505. The maximum absolute atomic E-state index is 12.0. The predicted molar refractivity (Wildman–Crippen MR) is 69.9 cm³/mol. The molecule has 0 aliphatic rings. The fourth-order valence-electron chi connectivity index (χ4n) is 1.59. The van der Waals surface area contributed by atoms with Crippen LogP contribution in [0.4, 0.5) is 0 Å². The Kier molecular flexibility index (Phi) is 3.40. The molecule has 0 saturated carbocycles. The first-order chi connectivity index (χ1) is 8.70. The van der Waals surface area contributed by atoms with E-state index in [-0.39, 0.29) is 11.4 Å². The molecule has 88 valence electrons. The number of aromatic nitrogens is 1. The molecule has 0 aliphatic heterocycles. The molecule has 2 rings (SSSR count). The number of allylic oxidation sites excluding steroid dienone is 1. The Labute approximate surface area is 105 Å². The number of aromatic amines is 1. The Balaban J connectivity index is 2.32. The van der Waals surface area contributed by atoms with Crippen molar-refractivity contribution in [1.29, 1.82) is 5.26 Å². The number of carbonyl (C=O) groups excluding carboxylic acids is 1. The van der Waals surface area contributed by atoms with Crippen LogP contribution >= 0.6 is 0 Å². The summed E-state index contributed by atoms with van der Waals surface area (Å²) in [6, 6.07) is 13.0. The van der Waals surface area contributed by atoms with Crippen molar-refractivity contribution in [2.24, 2.45) is 0 Å². The molecule has 2 aromatic rings. The van der Waals surface area contributed by atoms with Gasteiger partial charge in [-0.25, -0.2) is 0 Å². The van der Waals surface area contributed by atoms with Gasteiger partial charge in [0, 0.05) is 6.20 Å². The molecule has 1 aromatic carbocycles. The molecule has 1 N–H and O–H groups in total. The second-order valence-electron chi connectivity index (χ2n) is 3.99. The van der Waals surface area contributed by atoms with Crippen LogP contribution in [0.5, 0.6) is 0 Å². The van der Waals surface area contributed by atoms with Gasteiger partial charge in [-0.15, -0.1) is 0 Å². The lowest BCUT2D eigenvalue weighted by atomic mass is 10.1. The molecule has 0 fully saturated rings. The lowest BCUT2D eigenvalue weighted by Gasteiger charge is -1.98. The van der Waals surface area contributed by atoms with Crippen LogP contribution in [0.15, 0.2) is 48.2 Å². The molecule has 0 radical (unpaired) electrons. The Hall–Kier alpha value is -2.60. The van der Waals surface area contributed by atoms with Gasteiger partial charge in [0.2, 0.25) is 5.78 Å². The van der Waals surface area contributed by atoms with Gasteiger partial charge >= 0.3 is 0 Å². The van der Waals surface area contributed by atoms with Gasteiger partial charge in [-0.3, -0.25) is 4.79 Å². The average Bonchev–Trinajstić information content (AvgIpc) is 2.91. The highest BCUT2D eigenvalue weighted by Gasteiger charge is 2.12. The topological polar surface area (TPSA) is 56.6 Å². The first kappa shape index (κ1) is 11.9. The molecule has 18 heavy (non-hydrogen) atoms. The van der Waals surface area contributed by atoms with E-state index in [1.54, 1.807) is 24.4 Å². The van der Waals surface area contributed by atoms with E-state index in [0.717, 1.165) is 11.1 Å². The van der Waals surface area contributed by atoms with E-state index in [4.69, 9.17) is 5.26 Å². The van der Waals surface area contributed by atoms with Crippen LogP contribution in [0, 0.1) is 18.3 Å². The maximum atomic E-state index is 12.0. The van der Waals surface area contributed by atoms with Crippen LogP contribution in [0.1, 0.15) is 21.6 Å². The van der Waals surface area contributed by atoms with Gasteiger partial charge in [0.15, 0.2) is 0 Å². The van der Waals surface area contributed by atoms with Gasteiger partial charge in [-0.2, -0.15) is 5.26 Å². The number of hydrogen-bond donors (Lipinski definition) is 1. The summed E-state index contributed by atoms with van der Waals surface area (Å²) in [5.41, 5.74) is 2.54. The molecule has 3 nitrogen and oxygen atoms in total. The van der Waals surface area contributed by atoms with E-state index in [9.17, 15) is 4.79 Å². The summed E-state index contributed by atoms with van der Waals surface area (Å²) in [7, 11) is 0. The zero-order chi connectivity index (χ0) is 13.0. The molecule has 1 heterocycles. The largest absolute Gasteiger partial charge is 0.358 e. The van der Waals surface area contributed by atoms with Gasteiger partial charge in [0.1, 0.15) is 11.6 Å². The van der Waals surface area contributed by atoms with E-state index in [1.807, 2.05) is 37.3 Å². The van der Waals surface area contributed by atoms with Gasteiger partial charge in [-0.1, -0.05) is 29.8 Å². The van der Waals surface area contributed by atoms with Crippen LogP contribution in [0.3, 0.4) is 0 Å². The Morgan fingerprint density at radius 1 is 1.28 bits per heavy atom. The highest BCUT2D eigenvalue weighted by molar-refractivity contribution is 6.13. The number of Topliss-reactive ketones (excluding diaryl/α,β-unsaturated/α-hetero) is 1. The van der Waals surface area contributed by atoms with Crippen LogP contribution in [0.25, 0.3) is 6.08 Å². The van der Waals surface area contributed by atoms with Crippen molar-refractivity contribution in [3.05, 3.63) is 65.0 Å². The van der Waals surface area contributed by atoms with Gasteiger partial charge in [0.25, 0.3) is 0 Å². The zero-order valence-electron chi connectivity index (χ0n) is 9.97. The maximum Gasteiger partial charge on any atom is 0.219 e. The third kappa shape index (κ3) is 2.55. The smallest absolute Gasteiger partial charge is 0.219 e. The number of hydrogen-bond acceptors (Lipinski definition) is 2. The monoisotopic (exact) mass is 236 g/mol. The Morgan fingerprint density at radius 2 is 2.00 bits per heavy atom. The summed E-state index contributed by atoms with van der Waals surface area (Å²) < 4.78 is 0. The predicted octanol–water partition coefficient (Wildman–Crippen LogP) is 3.11. The number of nitriles is 1. The van der Waals surface area contributed by atoms with Gasteiger partial charge in [0.05, 0.1) is 5.69 Å². The summed E-state index contributed by atoms with van der Waals surface area (Å²) in [6.45, 7) is 1.99. The number of benzene rings is 1. The second kappa shape index (κ2) is 5.15. The van der Waals surface area contributed by atoms with Crippen LogP contribution in [-0.2, 0) is 0 Å². The van der Waals surface area contributed by atoms with Crippen LogP contribution in [-0.4, -0.2) is 10.8 Å². The molecule has 0 amide bonds. The SMILES string of the molecule is Cc1ccc(/C=C(/C#N)C(=O)c2ccc[nH]2)cc1. The molecule has 0 atom stereocenters. The van der Waals surface area contributed by atoms with E-state index in [0.29, 0.717) is 5.69 Å². The number of aryl methyl sites for hydroxylation is 1. The molecular weight excluding hydrogens is 224 g/mol. The third-order valence-electron chi connectivity index (χ3n) is 2.60. The molecule has 1 aromatic heterocycles. The van der Waals surface area contributed by atoms with Crippen molar-refractivity contribution in [3.63, 3.8) is 0 Å². The summed E-state index contributed by atoms with van der Waals surface area (Å²) in [5.74, 6) is -0.289. The molecule has 0 spiro atoms. The summed E-state index contributed by atoms with van der Waals surface area (Å²) in [6.07, 6.45) is 3.26. The molecule has 0 saturated heterocycles. The minimum atomic E-state index is -0.289. The van der Waals surface area contributed by atoms with E-state index >= 15 is 0 Å². The fraction of sp³-hybridized carbons (Fsp3) is 0.0667. The van der Waals surface area contributed by atoms with Gasteiger partial charge in [-0.05, 0) is 30.7 Å². The van der Waals surface area contributed by atoms with E-state index < -0.39 is 0 Å². The molecular formula is C15H12N2O. The van der Waals surface area contributed by atoms with E-state index in [1.165, 1.54) is 0 Å². The Bertz CT molecular complexity index is 614. The minimum Gasteiger partial charge on any atom is -0.358 e. The first-order valence-electron chi connectivity index (χ1n) is 5.57. The summed E-state index contributed by atoms with van der Waals surface area (Å²) >= 11 is 0. The lowest BCUT2D eigenvalue weighted by Crippen LogP contribution is -2.01. The zero-order valence-corrected chi connectivity index (χ0v) is 9.97. The van der Waals surface area contributed by atoms with Gasteiger partial charge < -0.3 is 4.98 Å². The van der Waals surface area contributed by atoms with Crippen molar-refractivity contribution >= 4 is 11.9 Å². The minimum absolute atomic E-state index is 0.126. The first-order valence-corrected chi connectivity index (χ1v) is 5.57. The fourth-order valence-corrected chi connectivity index (χ4v) is 1.59. The molecule has 0 unspecified atom stereocenters. The molecule has 0 bridgehead atoms. The second-order valence-corrected chi connectivity index (χ2v) is 3.99. The standard InChI is InChI=1S/C15H12N2O/c1-11-4-6-12(7-5-11)9-13(10-16)15(18)14-3-2-8-17-14/h2-9,17H,1H3/b13-9-. The number of H-pyrrole nitrogens is 1. The number of rotatable bonds is 3. The van der Waals surface area contributed by atoms with E-state index in [2.05, 4.69) is 4.98 Å². The van der Waals surface area contributed by atoms with Crippen molar-refractivity contribution in [3.8, 4) is 6.07 Å². The summed E-state index contributed by atoms with van der Waals surface area (Å²) in [5, 5.41) is 9.06. The number of ketones is 1. The van der Waals surface area contributed by atoms with Crippen molar-refractivity contribution in [1.82, 2.24) is 4.98 Å². The number of carbonyl (C=O) groups is 1. The molecule has 3 heteroatoms. The Morgan fingerprint density at radius 3 is 2.56 bits per heavy atom. The van der Waals surface area contributed by atoms with Crippen LogP contribution in [0.2, 0.25) is 0 Å². The highest BCUT2D eigenvalue weighted by Crippen LogP contribution is 2.12. The normalized spacial score (nSPS) is 11.0.